The molecule has 0 saturated carbocycles. The van der Waals surface area contributed by atoms with Gasteiger partial charge in [-0.15, -0.1) is 0 Å². The van der Waals surface area contributed by atoms with Crippen molar-refractivity contribution in [2.75, 3.05) is 7.11 Å². The minimum Gasteiger partial charge on any atom is -0.497 e. The molecule has 2 nitrogen and oxygen atoms in total. The molecule has 0 saturated heterocycles. The van der Waals surface area contributed by atoms with E-state index >= 15 is 0 Å². The Morgan fingerprint density at radius 1 is 1.17 bits per heavy atom. The molecule has 0 unspecified atom stereocenters. The van der Waals surface area contributed by atoms with Crippen LogP contribution in [0.2, 0.25) is 5.02 Å². The van der Waals surface area contributed by atoms with Crippen molar-refractivity contribution in [2.45, 2.75) is 0 Å². The van der Waals surface area contributed by atoms with E-state index in [2.05, 4.69) is 22.6 Å². The summed E-state index contributed by atoms with van der Waals surface area (Å²) < 4.78 is 5.97. The van der Waals surface area contributed by atoms with Gasteiger partial charge in [0.15, 0.2) is 5.78 Å². The van der Waals surface area contributed by atoms with Crippen LogP contribution in [0.15, 0.2) is 42.5 Å². The number of carbonyl (C=O) groups excluding carboxylic acids is 1. The number of ether oxygens (including phenoxy) is 1. The Labute approximate surface area is 124 Å². The molecule has 0 radical (unpaired) electrons. The van der Waals surface area contributed by atoms with Crippen LogP contribution < -0.4 is 4.74 Å². The van der Waals surface area contributed by atoms with Crippen LogP contribution in [0.25, 0.3) is 0 Å². The van der Waals surface area contributed by atoms with E-state index in [-0.39, 0.29) is 5.78 Å². The Balaban J connectivity index is 2.44. The van der Waals surface area contributed by atoms with Gasteiger partial charge in [-0.3, -0.25) is 4.79 Å². The lowest BCUT2D eigenvalue weighted by Crippen LogP contribution is -2.04. The molecule has 2 aromatic carbocycles. The number of benzene rings is 2. The summed E-state index contributed by atoms with van der Waals surface area (Å²) >= 11 is 8.24. The van der Waals surface area contributed by atoms with Crippen molar-refractivity contribution in [3.63, 3.8) is 0 Å². The van der Waals surface area contributed by atoms with Crippen LogP contribution in [0.1, 0.15) is 15.9 Å². The van der Waals surface area contributed by atoms with Crippen LogP contribution in [0.4, 0.5) is 0 Å². The fourth-order valence-electron chi connectivity index (χ4n) is 1.60. The quantitative estimate of drug-likeness (QED) is 0.597. The van der Waals surface area contributed by atoms with Crippen LogP contribution in [0.3, 0.4) is 0 Å². The zero-order valence-electron chi connectivity index (χ0n) is 9.61. The van der Waals surface area contributed by atoms with Gasteiger partial charge in [0.1, 0.15) is 5.75 Å². The molecule has 0 fully saturated rings. The van der Waals surface area contributed by atoms with Crippen molar-refractivity contribution in [2.24, 2.45) is 0 Å². The number of ketones is 1. The standard InChI is InChI=1S/C14H10ClIO2/c1-18-9-6-7-10(12(15)8-9)14(17)11-4-2-3-5-13(11)16/h2-8H,1H3. The fraction of sp³-hybridized carbons (Fsp3) is 0.0714. The first kappa shape index (κ1) is 13.4. The Morgan fingerprint density at radius 2 is 1.89 bits per heavy atom. The molecule has 0 aliphatic heterocycles. The zero-order chi connectivity index (χ0) is 13.1. The summed E-state index contributed by atoms with van der Waals surface area (Å²) in [6, 6.07) is 12.5. The van der Waals surface area contributed by atoms with Crippen molar-refractivity contribution in [3.8, 4) is 5.75 Å². The molecule has 0 atom stereocenters. The Bertz CT molecular complexity index is 596. The van der Waals surface area contributed by atoms with Gasteiger partial charge in [-0.1, -0.05) is 23.7 Å². The maximum Gasteiger partial charge on any atom is 0.195 e. The van der Waals surface area contributed by atoms with Crippen molar-refractivity contribution in [1.29, 1.82) is 0 Å². The SMILES string of the molecule is COc1ccc(C(=O)c2ccccc2I)c(Cl)c1. The van der Waals surface area contributed by atoms with Gasteiger partial charge >= 0.3 is 0 Å². The van der Waals surface area contributed by atoms with E-state index in [1.54, 1.807) is 31.4 Å². The average Bonchev–Trinajstić information content (AvgIpc) is 2.38. The van der Waals surface area contributed by atoms with E-state index in [4.69, 9.17) is 16.3 Å². The van der Waals surface area contributed by atoms with Crippen molar-refractivity contribution >= 4 is 40.0 Å². The molecular formula is C14H10ClIO2. The molecule has 0 aliphatic rings. The van der Waals surface area contributed by atoms with Gasteiger partial charge in [0.25, 0.3) is 0 Å². The van der Waals surface area contributed by atoms with Gasteiger partial charge in [-0.05, 0) is 52.9 Å². The largest absolute Gasteiger partial charge is 0.497 e. The molecule has 0 heterocycles. The average molecular weight is 373 g/mol. The molecule has 2 rings (SSSR count). The predicted molar refractivity (Wildman–Crippen MR) is 80.6 cm³/mol. The number of hydrogen-bond donors (Lipinski definition) is 0. The monoisotopic (exact) mass is 372 g/mol. The van der Waals surface area contributed by atoms with Crippen molar-refractivity contribution in [1.82, 2.24) is 0 Å². The summed E-state index contributed by atoms with van der Waals surface area (Å²) in [4.78, 5) is 12.4. The van der Waals surface area contributed by atoms with Crippen molar-refractivity contribution < 1.29 is 9.53 Å². The molecule has 0 N–H and O–H groups in total. The summed E-state index contributed by atoms with van der Waals surface area (Å²) in [7, 11) is 1.56. The molecule has 18 heavy (non-hydrogen) atoms. The highest BCUT2D eigenvalue weighted by atomic mass is 127. The summed E-state index contributed by atoms with van der Waals surface area (Å²) in [5, 5.41) is 0.402. The third-order valence-electron chi connectivity index (χ3n) is 2.54. The second-order valence-corrected chi connectivity index (χ2v) is 5.22. The third kappa shape index (κ3) is 2.67. The minimum atomic E-state index is -0.0762. The van der Waals surface area contributed by atoms with E-state index in [9.17, 15) is 4.79 Å². The first-order chi connectivity index (χ1) is 8.63. The summed E-state index contributed by atoms with van der Waals surface area (Å²) in [6.07, 6.45) is 0. The summed E-state index contributed by atoms with van der Waals surface area (Å²) in [5.74, 6) is 0.562. The highest BCUT2D eigenvalue weighted by molar-refractivity contribution is 14.1. The normalized spacial score (nSPS) is 10.2. The van der Waals surface area contributed by atoms with Crippen LogP contribution >= 0.6 is 34.2 Å². The third-order valence-corrected chi connectivity index (χ3v) is 3.79. The maximum absolute atomic E-state index is 12.4. The summed E-state index contributed by atoms with van der Waals surface area (Å²) in [6.45, 7) is 0. The van der Waals surface area contributed by atoms with Crippen LogP contribution in [-0.4, -0.2) is 12.9 Å². The first-order valence-electron chi connectivity index (χ1n) is 5.26. The number of rotatable bonds is 3. The number of hydrogen-bond acceptors (Lipinski definition) is 2. The van der Waals surface area contributed by atoms with E-state index in [0.29, 0.717) is 21.9 Å². The second-order valence-electron chi connectivity index (χ2n) is 3.65. The number of carbonyl (C=O) groups is 1. The highest BCUT2D eigenvalue weighted by Crippen LogP contribution is 2.26. The Kier molecular flexibility index (Phi) is 4.24. The molecule has 0 aliphatic carbocycles. The van der Waals surface area contributed by atoms with Gasteiger partial charge in [-0.25, -0.2) is 0 Å². The number of methoxy groups -OCH3 is 1. The van der Waals surface area contributed by atoms with Crippen LogP contribution in [0, 0.1) is 3.57 Å². The summed E-state index contributed by atoms with van der Waals surface area (Å²) in [5.41, 5.74) is 1.15. The molecule has 0 amide bonds. The first-order valence-corrected chi connectivity index (χ1v) is 6.72. The molecule has 0 spiro atoms. The molecule has 2 aromatic rings. The Hall–Kier alpha value is -1.07. The van der Waals surface area contributed by atoms with E-state index in [1.165, 1.54) is 0 Å². The molecule has 4 heteroatoms. The minimum absolute atomic E-state index is 0.0762. The fourth-order valence-corrected chi connectivity index (χ4v) is 2.49. The van der Waals surface area contributed by atoms with Crippen molar-refractivity contribution in [3.05, 3.63) is 62.2 Å². The topological polar surface area (TPSA) is 26.3 Å². The smallest absolute Gasteiger partial charge is 0.195 e. The molecule has 0 bridgehead atoms. The lowest BCUT2D eigenvalue weighted by molar-refractivity contribution is 0.103. The van der Waals surface area contributed by atoms with E-state index in [1.807, 2.05) is 18.2 Å². The van der Waals surface area contributed by atoms with Gasteiger partial charge in [0, 0.05) is 14.7 Å². The van der Waals surface area contributed by atoms with Crippen LogP contribution in [-0.2, 0) is 0 Å². The van der Waals surface area contributed by atoms with E-state index < -0.39 is 0 Å². The molecule has 0 aromatic heterocycles. The maximum atomic E-state index is 12.4. The van der Waals surface area contributed by atoms with Gasteiger partial charge < -0.3 is 4.74 Å². The number of halogens is 2. The second kappa shape index (κ2) is 5.71. The lowest BCUT2D eigenvalue weighted by atomic mass is 10.0. The zero-order valence-corrected chi connectivity index (χ0v) is 12.5. The predicted octanol–water partition coefficient (Wildman–Crippen LogP) is 4.18. The van der Waals surface area contributed by atoms with Gasteiger partial charge in [0.2, 0.25) is 0 Å². The van der Waals surface area contributed by atoms with Gasteiger partial charge in [-0.2, -0.15) is 0 Å². The molecular weight excluding hydrogens is 363 g/mol. The van der Waals surface area contributed by atoms with Gasteiger partial charge in [0.05, 0.1) is 12.1 Å². The van der Waals surface area contributed by atoms with Crippen LogP contribution in [0.5, 0.6) is 5.75 Å². The lowest BCUT2D eigenvalue weighted by Gasteiger charge is -2.07. The molecule has 92 valence electrons. The Morgan fingerprint density at radius 3 is 2.50 bits per heavy atom. The van der Waals surface area contributed by atoms with E-state index in [0.717, 1.165) is 3.57 Å². The highest BCUT2D eigenvalue weighted by Gasteiger charge is 2.15.